The van der Waals surface area contributed by atoms with Crippen LogP contribution in [0.5, 0.6) is 0 Å². The summed E-state index contributed by atoms with van der Waals surface area (Å²) in [7, 11) is -3.71. The summed E-state index contributed by atoms with van der Waals surface area (Å²) in [5, 5.41) is 5.23. The Bertz CT molecular complexity index is 877. The lowest BCUT2D eigenvalue weighted by Gasteiger charge is -2.15. The number of benzene rings is 2. The van der Waals surface area contributed by atoms with E-state index in [1.54, 1.807) is 24.3 Å². The van der Waals surface area contributed by atoms with Gasteiger partial charge in [0.2, 0.25) is 0 Å². The Morgan fingerprint density at radius 3 is 2.04 bits per heavy atom. The van der Waals surface area contributed by atoms with Crippen molar-refractivity contribution in [2.75, 3.05) is 16.6 Å². The number of carbonyl (C=O) groups excluding carboxylic acids is 1. The van der Waals surface area contributed by atoms with Gasteiger partial charge >= 0.3 is 6.03 Å². The molecule has 154 valence electrons. The van der Waals surface area contributed by atoms with Gasteiger partial charge in [-0.05, 0) is 62.7 Å². The van der Waals surface area contributed by atoms with Crippen LogP contribution in [0, 0.1) is 0 Å². The monoisotopic (exact) mass is 426 g/mol. The van der Waals surface area contributed by atoms with Crippen molar-refractivity contribution < 1.29 is 31.4 Å². The average Bonchev–Trinajstić information content (AvgIpc) is 2.56. The van der Waals surface area contributed by atoms with Gasteiger partial charge in [0.15, 0.2) is 0 Å². The molecule has 2 aromatic carbocycles. The van der Waals surface area contributed by atoms with Crippen molar-refractivity contribution in [3.63, 3.8) is 0 Å². The summed E-state index contributed by atoms with van der Waals surface area (Å²) in [6.07, 6.45) is 0.806. The molecule has 0 atom stereocenters. The minimum atomic E-state index is -3.71. The highest BCUT2D eigenvalue weighted by Gasteiger charge is 2.17. The Morgan fingerprint density at radius 2 is 1.54 bits per heavy atom. The van der Waals surface area contributed by atoms with E-state index < -0.39 is 10.0 Å². The standard InChI is InChI=1S/C19H26N4O3S.ClH/c1-4-21-18(24)22-15-9-11-17(12-10-15)27(25,26)23-16-7-5-14(6-8-16)13-19(2,3)20;/h5-12,23H,4,13,20H2,1-3H3,(H2,21,22,24);1H. The normalized spacial score (nSPS) is 11.3. The largest absolute Gasteiger partial charge is 1.00 e. The Hall–Kier alpha value is -2.29. The molecule has 0 aliphatic heterocycles. The van der Waals surface area contributed by atoms with Gasteiger partial charge in [0.25, 0.3) is 10.0 Å². The van der Waals surface area contributed by atoms with E-state index in [2.05, 4.69) is 21.1 Å². The molecular weight excluding hydrogens is 400 g/mol. The van der Waals surface area contributed by atoms with E-state index in [1.165, 1.54) is 12.1 Å². The third-order valence-electron chi connectivity index (χ3n) is 3.65. The molecular formula is C19H27ClN4O3S. The van der Waals surface area contributed by atoms with Gasteiger partial charge in [-0.1, -0.05) is 12.1 Å². The molecule has 0 spiro atoms. The molecule has 2 amide bonds. The van der Waals surface area contributed by atoms with Crippen LogP contribution in [-0.2, 0) is 16.4 Å². The number of rotatable bonds is 7. The maximum Gasteiger partial charge on any atom is 0.319 e. The molecule has 7 nitrogen and oxygen atoms in total. The van der Waals surface area contributed by atoms with Crippen LogP contribution < -0.4 is 33.5 Å². The lowest BCUT2D eigenvalue weighted by atomic mass is 9.96. The van der Waals surface area contributed by atoms with Gasteiger partial charge < -0.3 is 28.8 Å². The number of hydrogen-bond donors (Lipinski definition) is 4. The molecule has 0 fully saturated rings. The number of nitrogens with one attached hydrogen (secondary N) is 3. The van der Waals surface area contributed by atoms with Gasteiger partial charge in [-0.25, -0.2) is 13.2 Å². The first kappa shape index (κ1) is 23.7. The number of urea groups is 1. The number of halogens is 1. The van der Waals surface area contributed by atoms with E-state index in [1.807, 2.05) is 32.9 Å². The zero-order valence-electron chi connectivity index (χ0n) is 16.3. The third kappa shape index (κ3) is 7.38. The highest BCUT2D eigenvalue weighted by molar-refractivity contribution is 7.92. The summed E-state index contributed by atoms with van der Waals surface area (Å²) in [6, 6.07) is 12.9. The van der Waals surface area contributed by atoms with Crippen molar-refractivity contribution >= 4 is 27.4 Å². The van der Waals surface area contributed by atoms with E-state index >= 15 is 0 Å². The third-order valence-corrected chi connectivity index (χ3v) is 5.05. The molecule has 2 aromatic rings. The van der Waals surface area contributed by atoms with E-state index in [-0.39, 0.29) is 28.9 Å². The Labute approximate surface area is 172 Å². The first-order valence-electron chi connectivity index (χ1n) is 8.71. The lowest BCUT2D eigenvalue weighted by Crippen LogP contribution is -3.00. The minimum absolute atomic E-state index is 0. The fourth-order valence-corrected chi connectivity index (χ4v) is 3.57. The first-order chi connectivity index (χ1) is 12.6. The molecule has 0 radical (unpaired) electrons. The average molecular weight is 427 g/mol. The Kier molecular flexibility index (Phi) is 8.29. The maximum absolute atomic E-state index is 12.5. The number of quaternary nitrogens is 1. The zero-order valence-corrected chi connectivity index (χ0v) is 17.8. The smallest absolute Gasteiger partial charge is 0.319 e. The molecule has 0 saturated carbocycles. The van der Waals surface area contributed by atoms with E-state index in [0.717, 1.165) is 12.0 Å². The fraction of sp³-hybridized carbons (Fsp3) is 0.316. The number of anilines is 2. The summed E-state index contributed by atoms with van der Waals surface area (Å²) >= 11 is 0. The van der Waals surface area contributed by atoms with Crippen LogP contribution in [-0.4, -0.2) is 26.5 Å². The molecule has 6 N–H and O–H groups in total. The Morgan fingerprint density at radius 1 is 1.00 bits per heavy atom. The summed E-state index contributed by atoms with van der Waals surface area (Å²) in [4.78, 5) is 11.6. The van der Waals surface area contributed by atoms with Crippen molar-refractivity contribution in [2.45, 2.75) is 37.6 Å². The van der Waals surface area contributed by atoms with E-state index in [4.69, 9.17) is 0 Å². The van der Waals surface area contributed by atoms with Crippen LogP contribution in [0.4, 0.5) is 16.2 Å². The van der Waals surface area contributed by atoms with Crippen LogP contribution in [0.15, 0.2) is 53.4 Å². The van der Waals surface area contributed by atoms with Crippen LogP contribution in [0.25, 0.3) is 0 Å². The zero-order chi connectivity index (χ0) is 20.1. The lowest BCUT2D eigenvalue weighted by molar-refractivity contribution is -0.465. The van der Waals surface area contributed by atoms with Crippen LogP contribution in [0.2, 0.25) is 0 Å². The Balaban J connectivity index is 0.00000392. The van der Waals surface area contributed by atoms with Crippen molar-refractivity contribution in [3.05, 3.63) is 54.1 Å². The highest BCUT2D eigenvalue weighted by atomic mass is 35.5. The molecule has 0 heterocycles. The second-order valence-electron chi connectivity index (χ2n) is 7.15. The second-order valence-corrected chi connectivity index (χ2v) is 8.83. The van der Waals surface area contributed by atoms with E-state index in [9.17, 15) is 13.2 Å². The molecule has 9 heteroatoms. The van der Waals surface area contributed by atoms with Crippen LogP contribution >= 0.6 is 0 Å². The van der Waals surface area contributed by atoms with Crippen LogP contribution in [0.1, 0.15) is 26.3 Å². The minimum Gasteiger partial charge on any atom is -1.00 e. The predicted octanol–water partition coefficient (Wildman–Crippen LogP) is -0.804. The SMILES string of the molecule is CCNC(=O)Nc1ccc(S(=O)(=O)Nc2ccc(CC(C)(C)[NH3+])cc2)cc1.[Cl-]. The molecule has 0 unspecified atom stereocenters. The van der Waals surface area contributed by atoms with Gasteiger partial charge in [-0.2, -0.15) is 0 Å². The van der Waals surface area contributed by atoms with E-state index in [0.29, 0.717) is 17.9 Å². The topological polar surface area (TPSA) is 115 Å². The van der Waals surface area contributed by atoms with Crippen molar-refractivity contribution in [2.24, 2.45) is 0 Å². The van der Waals surface area contributed by atoms with Gasteiger partial charge in [0.05, 0.1) is 10.4 Å². The highest BCUT2D eigenvalue weighted by Crippen LogP contribution is 2.19. The predicted molar refractivity (Wildman–Crippen MR) is 107 cm³/mol. The summed E-state index contributed by atoms with van der Waals surface area (Å²) in [5.41, 5.74) is 6.10. The number of amides is 2. The summed E-state index contributed by atoms with van der Waals surface area (Å²) < 4.78 is 27.6. The molecule has 0 saturated heterocycles. The molecule has 0 aliphatic rings. The first-order valence-corrected chi connectivity index (χ1v) is 10.2. The van der Waals surface area contributed by atoms with Gasteiger partial charge in [0.1, 0.15) is 0 Å². The summed E-state index contributed by atoms with van der Waals surface area (Å²) in [6.45, 7) is 6.42. The quantitative estimate of drug-likeness (QED) is 0.464. The molecule has 0 aromatic heterocycles. The second kappa shape index (κ2) is 9.77. The maximum atomic E-state index is 12.5. The van der Waals surface area contributed by atoms with Gasteiger partial charge in [-0.3, -0.25) is 4.72 Å². The molecule has 0 aliphatic carbocycles. The molecule has 0 bridgehead atoms. The van der Waals surface area contributed by atoms with Crippen molar-refractivity contribution in [1.82, 2.24) is 5.32 Å². The number of sulfonamides is 1. The molecule has 28 heavy (non-hydrogen) atoms. The van der Waals surface area contributed by atoms with Gasteiger partial charge in [0, 0.05) is 24.3 Å². The summed E-state index contributed by atoms with van der Waals surface area (Å²) in [5.74, 6) is 0. The van der Waals surface area contributed by atoms with Crippen molar-refractivity contribution in [3.8, 4) is 0 Å². The van der Waals surface area contributed by atoms with Crippen molar-refractivity contribution in [1.29, 1.82) is 0 Å². The molecule has 2 rings (SSSR count). The van der Waals surface area contributed by atoms with Crippen LogP contribution in [0.3, 0.4) is 0 Å². The fourth-order valence-electron chi connectivity index (χ4n) is 2.51. The number of carbonyl (C=O) groups is 1. The number of hydrogen-bond acceptors (Lipinski definition) is 3. The van der Waals surface area contributed by atoms with Gasteiger partial charge in [-0.15, -0.1) is 0 Å².